The molecule has 5 heterocycles. The number of esters is 1. The zero-order valence-corrected chi connectivity index (χ0v) is 47.1. The van der Waals surface area contributed by atoms with E-state index < -0.39 is 89.9 Å². The number of hydrogen-bond acceptors (Lipinski definition) is 18. The molecule has 3 aliphatic heterocycles. The zero-order chi connectivity index (χ0) is 55.0. The maximum atomic E-state index is 14.5. The number of methoxy groups -OCH3 is 2. The quantitative estimate of drug-likeness (QED) is 0.0979. The van der Waals surface area contributed by atoms with E-state index in [2.05, 4.69) is 51.5 Å². The van der Waals surface area contributed by atoms with Crippen molar-refractivity contribution in [2.75, 3.05) is 48.0 Å². The van der Waals surface area contributed by atoms with Crippen LogP contribution in [0.2, 0.25) is 0 Å². The Balaban J connectivity index is 1.15. The van der Waals surface area contributed by atoms with Crippen LogP contribution in [-0.2, 0) is 57.5 Å². The molecule has 0 unspecified atom stereocenters. The van der Waals surface area contributed by atoms with Crippen molar-refractivity contribution >= 4 is 5.97 Å². The number of benzene rings is 1. The van der Waals surface area contributed by atoms with Gasteiger partial charge in [-0.25, -0.2) is 9.67 Å². The molecule has 75 heavy (non-hydrogen) atoms. The van der Waals surface area contributed by atoms with Gasteiger partial charge < -0.3 is 68.1 Å². The normalized spacial score (nSPS) is 36.9. The molecule has 2 aromatic heterocycles. The molecule has 0 spiro atoms. The van der Waals surface area contributed by atoms with E-state index in [-0.39, 0.29) is 37.3 Å². The number of aliphatic hydroxyl groups is 4. The van der Waals surface area contributed by atoms with Crippen molar-refractivity contribution < 1.29 is 63.1 Å². The highest BCUT2D eigenvalue weighted by atomic mass is 16.7. The van der Waals surface area contributed by atoms with Crippen LogP contribution in [0, 0.1) is 17.8 Å². The summed E-state index contributed by atoms with van der Waals surface area (Å²) in [5, 5.41) is 56.4. The lowest BCUT2D eigenvalue weighted by Crippen LogP contribution is -2.59. The van der Waals surface area contributed by atoms with Crippen LogP contribution in [0.4, 0.5) is 0 Å². The van der Waals surface area contributed by atoms with Gasteiger partial charge in [-0.3, -0.25) is 4.79 Å². The molecule has 6 rings (SSSR count). The maximum absolute atomic E-state index is 14.5. The number of nitrogens with zero attached hydrogens (tertiary/aromatic N) is 6. The minimum Gasteiger partial charge on any atom is -0.481 e. The van der Waals surface area contributed by atoms with Crippen molar-refractivity contribution in [1.29, 1.82) is 0 Å². The molecule has 0 bridgehead atoms. The van der Waals surface area contributed by atoms with Gasteiger partial charge in [0.1, 0.15) is 23.9 Å². The Morgan fingerprint density at radius 3 is 2.25 bits per heavy atom. The van der Waals surface area contributed by atoms with E-state index in [0.29, 0.717) is 51.6 Å². The molecule has 0 saturated carbocycles. The van der Waals surface area contributed by atoms with Crippen LogP contribution >= 0.6 is 0 Å². The number of carbonyl (C=O) groups is 1. The molecule has 19 heteroatoms. The van der Waals surface area contributed by atoms with Crippen molar-refractivity contribution in [1.82, 2.24) is 29.8 Å². The fraction of sp³-hybridized carbons (Fsp3) is 0.750. The van der Waals surface area contributed by atoms with E-state index in [0.717, 1.165) is 28.8 Å². The number of aliphatic hydroxyl groups excluding tert-OH is 2. The van der Waals surface area contributed by atoms with Crippen LogP contribution in [0.25, 0.3) is 11.1 Å². The fourth-order valence-corrected chi connectivity index (χ4v) is 11.5. The van der Waals surface area contributed by atoms with Crippen LogP contribution in [0.15, 0.2) is 48.8 Å². The van der Waals surface area contributed by atoms with Crippen molar-refractivity contribution in [3.63, 3.8) is 0 Å². The summed E-state index contributed by atoms with van der Waals surface area (Å²) in [5.41, 5.74) is -0.326. The van der Waals surface area contributed by atoms with Crippen LogP contribution < -0.4 is 4.74 Å². The standard InChI is InChI=1S/C56H90N6O13/c1-15-45-56(10,67)50(63)38(6)61(12)31-34(2)28-54(8,66)52(36(4)49(37(5)53(65)73-45)74-48-29-55(9,69-14)51(64)39(7)72-48)75-47-27-44(26-35(3)71-47)60(11)23-22-43-32-62(59-58-43)24-25-70-33-40-16-18-41(19-17-40)42-20-21-46(68-13)57-30-42/h16-21,30,32,34-39,44-45,47-52,63-64,66-67H,15,22-29,31,33H2,1-14H3/t34-,35-,36+,37-,38-,39+,44+,45-,47+,48+,49+,50-,51+,52-,54-,55-,56-/m1/s1. The average molecular weight is 1060 g/mol. The summed E-state index contributed by atoms with van der Waals surface area (Å²) in [4.78, 5) is 23.1. The molecule has 422 valence electrons. The largest absolute Gasteiger partial charge is 0.481 e. The van der Waals surface area contributed by atoms with Gasteiger partial charge in [-0.2, -0.15) is 0 Å². The van der Waals surface area contributed by atoms with Crippen LogP contribution in [0.3, 0.4) is 0 Å². The zero-order valence-electron chi connectivity index (χ0n) is 47.1. The van der Waals surface area contributed by atoms with Crippen LogP contribution in [0.5, 0.6) is 5.88 Å². The SMILES string of the molecule is CC[C@H]1OC(=O)[C@H](C)[C@@H](O[C@H]2C[C@@](C)(OC)[C@@H](O)[C@H](C)O2)[C@H](C)[C@@H](O[C@H]2C[C@@H](N(C)CCc3cn(CCOCc4ccc(-c5ccc(OC)nc5)cc4)nn3)C[C@@H](C)O2)[C@](C)(O)C[C@@H](C)CN(C)[C@H](C)[C@@H](O)[C@]1(C)O. The lowest BCUT2D eigenvalue weighted by Gasteiger charge is -2.48. The van der Waals surface area contributed by atoms with Crippen molar-refractivity contribution in [2.24, 2.45) is 17.8 Å². The predicted octanol–water partition coefficient (Wildman–Crippen LogP) is 5.42. The Kier molecular flexibility index (Phi) is 21.2. The Morgan fingerprint density at radius 2 is 1.60 bits per heavy atom. The van der Waals surface area contributed by atoms with E-state index in [9.17, 15) is 25.2 Å². The van der Waals surface area contributed by atoms with Gasteiger partial charge in [0.25, 0.3) is 0 Å². The van der Waals surface area contributed by atoms with E-state index in [4.69, 9.17) is 37.9 Å². The van der Waals surface area contributed by atoms with Gasteiger partial charge in [0.2, 0.25) is 5.88 Å². The average Bonchev–Trinajstić information content (AvgIpc) is 3.84. The Labute approximate surface area is 445 Å². The number of carbonyl (C=O) groups excluding carboxylic acids is 1. The summed E-state index contributed by atoms with van der Waals surface area (Å²) in [5.74, 6) is -1.89. The lowest BCUT2D eigenvalue weighted by molar-refractivity contribution is -0.308. The van der Waals surface area contributed by atoms with Gasteiger partial charge in [0, 0.05) is 81.5 Å². The predicted molar refractivity (Wildman–Crippen MR) is 281 cm³/mol. The summed E-state index contributed by atoms with van der Waals surface area (Å²) in [6.07, 6.45) is -1.41. The first kappa shape index (κ1) is 60.5. The second-order valence-electron chi connectivity index (χ2n) is 22.6. The van der Waals surface area contributed by atoms with E-state index in [1.165, 1.54) is 14.0 Å². The van der Waals surface area contributed by atoms with Gasteiger partial charge in [-0.1, -0.05) is 50.3 Å². The van der Waals surface area contributed by atoms with Gasteiger partial charge in [-0.15, -0.1) is 5.10 Å². The summed E-state index contributed by atoms with van der Waals surface area (Å²) in [6, 6.07) is 11.6. The minimum atomic E-state index is -1.81. The number of likely N-dealkylation sites (N-methyl/N-ethyl adjacent to an activating group) is 2. The molecule has 3 saturated heterocycles. The number of ether oxygens (including phenoxy) is 8. The van der Waals surface area contributed by atoms with Gasteiger partial charge in [0.05, 0.1) is 74.1 Å². The van der Waals surface area contributed by atoms with E-state index in [1.807, 2.05) is 62.7 Å². The molecule has 19 nitrogen and oxygen atoms in total. The summed E-state index contributed by atoms with van der Waals surface area (Å²) >= 11 is 0. The number of cyclic esters (lactones) is 1. The molecule has 0 aliphatic carbocycles. The van der Waals surface area contributed by atoms with Crippen molar-refractivity contribution in [3.05, 3.63) is 60.0 Å². The second-order valence-corrected chi connectivity index (χ2v) is 22.6. The first-order valence-electron chi connectivity index (χ1n) is 27.0. The third-order valence-corrected chi connectivity index (χ3v) is 16.3. The number of rotatable bonds is 17. The minimum absolute atomic E-state index is 0.0575. The van der Waals surface area contributed by atoms with Gasteiger partial charge in [0.15, 0.2) is 12.6 Å². The molecule has 3 fully saturated rings. The van der Waals surface area contributed by atoms with E-state index in [1.54, 1.807) is 47.9 Å². The Hall–Kier alpha value is -3.70. The summed E-state index contributed by atoms with van der Waals surface area (Å²) in [7, 11) is 7.09. The second kappa shape index (κ2) is 26.3. The smallest absolute Gasteiger partial charge is 0.311 e. The first-order chi connectivity index (χ1) is 35.4. The van der Waals surface area contributed by atoms with Gasteiger partial charge >= 0.3 is 5.97 Å². The highest BCUT2D eigenvalue weighted by molar-refractivity contribution is 5.73. The Bertz CT molecular complexity index is 2220. The maximum Gasteiger partial charge on any atom is 0.311 e. The molecular formula is C56H90N6O13. The summed E-state index contributed by atoms with van der Waals surface area (Å²) in [6.45, 7) is 20.8. The molecule has 1 aromatic carbocycles. The highest BCUT2D eigenvalue weighted by Gasteiger charge is 2.52. The molecular weight excluding hydrogens is 965 g/mol. The fourth-order valence-electron chi connectivity index (χ4n) is 11.5. The number of pyridine rings is 1. The van der Waals surface area contributed by atoms with Crippen molar-refractivity contribution in [2.45, 2.75) is 205 Å². The third kappa shape index (κ3) is 15.3. The topological polar surface area (TPSA) is 222 Å². The first-order valence-corrected chi connectivity index (χ1v) is 27.0. The van der Waals surface area contributed by atoms with Crippen LogP contribution in [-0.4, -0.2) is 188 Å². The monoisotopic (exact) mass is 1050 g/mol. The molecule has 4 N–H and O–H groups in total. The molecule has 3 aliphatic rings. The molecule has 0 amide bonds. The molecule has 3 aromatic rings. The van der Waals surface area contributed by atoms with Crippen LogP contribution in [0.1, 0.15) is 113 Å². The molecule has 0 radical (unpaired) electrons. The van der Waals surface area contributed by atoms with Gasteiger partial charge in [-0.05, 0) is 105 Å². The third-order valence-electron chi connectivity index (χ3n) is 16.3. The molecule has 17 atom stereocenters. The van der Waals surface area contributed by atoms with E-state index >= 15 is 0 Å². The lowest BCUT2D eigenvalue weighted by atomic mass is 9.77. The summed E-state index contributed by atoms with van der Waals surface area (Å²) < 4.78 is 51.7. The number of hydrogen-bond donors (Lipinski definition) is 4. The van der Waals surface area contributed by atoms with Crippen molar-refractivity contribution in [3.8, 4) is 17.0 Å². The Morgan fingerprint density at radius 1 is 0.893 bits per heavy atom. The number of aromatic nitrogens is 4. The highest BCUT2D eigenvalue weighted by Crippen LogP contribution is 2.40.